The molecule has 0 aliphatic rings. The van der Waals surface area contributed by atoms with Crippen molar-refractivity contribution in [3.63, 3.8) is 0 Å². The second-order valence-electron chi connectivity index (χ2n) is 6.24. The van der Waals surface area contributed by atoms with Crippen LogP contribution in [0.15, 0.2) is 59.1 Å². The van der Waals surface area contributed by atoms with E-state index in [2.05, 4.69) is 10.3 Å². The molecule has 3 aromatic rings. The van der Waals surface area contributed by atoms with Gasteiger partial charge in [0.05, 0.1) is 17.3 Å². The van der Waals surface area contributed by atoms with E-state index < -0.39 is 0 Å². The largest absolute Gasteiger partial charge is 0.441 e. The minimum Gasteiger partial charge on any atom is -0.441 e. The summed E-state index contributed by atoms with van der Waals surface area (Å²) >= 11 is 6.17. The third-order valence-electron chi connectivity index (χ3n) is 4.29. The van der Waals surface area contributed by atoms with Crippen LogP contribution in [0.3, 0.4) is 0 Å². The lowest BCUT2D eigenvalue weighted by Gasteiger charge is -2.16. The highest BCUT2D eigenvalue weighted by Crippen LogP contribution is 2.28. The minimum absolute atomic E-state index is 0.0294. The number of benzene rings is 2. The number of nitrogens with zero attached hydrogens (tertiary/aromatic N) is 1. The number of amides is 1. The zero-order valence-corrected chi connectivity index (χ0v) is 15.6. The standard InChI is InChI=1S/C21H21ClN2O2/c1-14-7-3-4-8-16(14)15(2)24-20(25)11-12-21-23-13-19(26-21)17-9-5-6-10-18(17)22/h3-10,13,15H,11-12H2,1-2H3,(H,24,25). The van der Waals surface area contributed by atoms with Crippen molar-refractivity contribution in [3.05, 3.63) is 76.8 Å². The van der Waals surface area contributed by atoms with Crippen LogP contribution in [0.2, 0.25) is 5.02 Å². The average Bonchev–Trinajstić information content (AvgIpc) is 3.09. The van der Waals surface area contributed by atoms with E-state index in [1.807, 2.05) is 56.3 Å². The van der Waals surface area contributed by atoms with Gasteiger partial charge < -0.3 is 9.73 Å². The van der Waals surface area contributed by atoms with E-state index in [9.17, 15) is 4.79 Å². The molecule has 0 bridgehead atoms. The Bertz CT molecular complexity index is 904. The van der Waals surface area contributed by atoms with Gasteiger partial charge in [-0.1, -0.05) is 48.0 Å². The first-order chi connectivity index (χ1) is 12.5. The Morgan fingerprint density at radius 1 is 1.19 bits per heavy atom. The van der Waals surface area contributed by atoms with Gasteiger partial charge >= 0.3 is 0 Å². The van der Waals surface area contributed by atoms with Crippen molar-refractivity contribution in [2.45, 2.75) is 32.7 Å². The molecule has 1 amide bonds. The predicted molar refractivity (Wildman–Crippen MR) is 103 cm³/mol. The van der Waals surface area contributed by atoms with Gasteiger partial charge in [0.25, 0.3) is 0 Å². The Morgan fingerprint density at radius 3 is 2.69 bits per heavy atom. The molecule has 0 aliphatic heterocycles. The van der Waals surface area contributed by atoms with Crippen LogP contribution in [-0.2, 0) is 11.2 Å². The Morgan fingerprint density at radius 2 is 1.92 bits per heavy atom. The lowest BCUT2D eigenvalue weighted by atomic mass is 10.0. The summed E-state index contributed by atoms with van der Waals surface area (Å²) < 4.78 is 5.73. The van der Waals surface area contributed by atoms with Gasteiger partial charge in [0, 0.05) is 18.4 Å². The molecule has 0 fully saturated rings. The van der Waals surface area contributed by atoms with Gasteiger partial charge in [0.15, 0.2) is 11.7 Å². The highest BCUT2D eigenvalue weighted by atomic mass is 35.5. The molecule has 134 valence electrons. The fraction of sp³-hybridized carbons (Fsp3) is 0.238. The second-order valence-corrected chi connectivity index (χ2v) is 6.65. The van der Waals surface area contributed by atoms with Crippen molar-refractivity contribution >= 4 is 17.5 Å². The quantitative estimate of drug-likeness (QED) is 0.657. The first-order valence-electron chi connectivity index (χ1n) is 8.59. The highest BCUT2D eigenvalue weighted by Gasteiger charge is 2.14. The molecule has 1 unspecified atom stereocenters. The molecule has 1 aromatic heterocycles. The number of carbonyl (C=O) groups excluding carboxylic acids is 1. The molecular weight excluding hydrogens is 348 g/mol. The maximum atomic E-state index is 12.2. The molecule has 5 heteroatoms. The molecular formula is C21H21ClN2O2. The third-order valence-corrected chi connectivity index (χ3v) is 4.62. The first-order valence-corrected chi connectivity index (χ1v) is 8.97. The van der Waals surface area contributed by atoms with Crippen molar-refractivity contribution in [2.24, 2.45) is 0 Å². The smallest absolute Gasteiger partial charge is 0.220 e. The summed E-state index contributed by atoms with van der Waals surface area (Å²) in [4.78, 5) is 16.5. The Kier molecular flexibility index (Phi) is 5.74. The van der Waals surface area contributed by atoms with Crippen LogP contribution in [0.5, 0.6) is 0 Å². The van der Waals surface area contributed by atoms with Gasteiger partial charge in [0.1, 0.15) is 0 Å². The summed E-state index contributed by atoms with van der Waals surface area (Å²) in [6.07, 6.45) is 2.40. The molecule has 1 heterocycles. The van der Waals surface area contributed by atoms with E-state index in [1.54, 1.807) is 12.3 Å². The van der Waals surface area contributed by atoms with Crippen LogP contribution in [0.25, 0.3) is 11.3 Å². The van der Waals surface area contributed by atoms with Crippen LogP contribution in [0.1, 0.15) is 36.4 Å². The van der Waals surface area contributed by atoms with Crippen molar-refractivity contribution in [1.29, 1.82) is 0 Å². The monoisotopic (exact) mass is 368 g/mol. The normalized spacial score (nSPS) is 12.0. The van der Waals surface area contributed by atoms with Crippen LogP contribution in [0.4, 0.5) is 0 Å². The number of halogens is 1. The molecule has 0 saturated carbocycles. The van der Waals surface area contributed by atoms with Crippen molar-refractivity contribution in [1.82, 2.24) is 10.3 Å². The fourth-order valence-electron chi connectivity index (χ4n) is 2.90. The van der Waals surface area contributed by atoms with Gasteiger partial charge in [-0.25, -0.2) is 4.98 Å². The lowest BCUT2D eigenvalue weighted by molar-refractivity contribution is -0.121. The molecule has 0 aliphatic carbocycles. The van der Waals surface area contributed by atoms with Gasteiger partial charge in [-0.15, -0.1) is 0 Å². The number of oxazole rings is 1. The number of carbonyl (C=O) groups is 1. The van der Waals surface area contributed by atoms with Gasteiger partial charge in [-0.3, -0.25) is 4.79 Å². The number of rotatable bonds is 6. The van der Waals surface area contributed by atoms with E-state index in [4.69, 9.17) is 16.0 Å². The van der Waals surface area contributed by atoms with Crippen LogP contribution >= 0.6 is 11.6 Å². The molecule has 0 radical (unpaired) electrons. The molecule has 4 nitrogen and oxygen atoms in total. The lowest BCUT2D eigenvalue weighted by Crippen LogP contribution is -2.27. The topological polar surface area (TPSA) is 55.1 Å². The summed E-state index contributed by atoms with van der Waals surface area (Å²) in [5.74, 6) is 1.11. The van der Waals surface area contributed by atoms with Gasteiger partial charge in [-0.05, 0) is 37.1 Å². The Hall–Kier alpha value is -2.59. The van der Waals surface area contributed by atoms with Crippen LogP contribution < -0.4 is 5.32 Å². The van der Waals surface area contributed by atoms with Gasteiger partial charge in [0.2, 0.25) is 5.91 Å². The molecule has 1 N–H and O–H groups in total. The molecule has 1 atom stereocenters. The predicted octanol–water partition coefficient (Wildman–Crippen LogP) is 5.11. The molecule has 26 heavy (non-hydrogen) atoms. The fourth-order valence-corrected chi connectivity index (χ4v) is 3.12. The van der Waals surface area contributed by atoms with E-state index in [-0.39, 0.29) is 11.9 Å². The summed E-state index contributed by atoms with van der Waals surface area (Å²) in [6.45, 7) is 4.03. The third kappa shape index (κ3) is 4.33. The zero-order valence-electron chi connectivity index (χ0n) is 14.8. The maximum absolute atomic E-state index is 12.2. The van der Waals surface area contributed by atoms with E-state index in [1.165, 1.54) is 0 Å². The summed E-state index contributed by atoms with van der Waals surface area (Å²) in [6, 6.07) is 15.5. The molecule has 2 aromatic carbocycles. The van der Waals surface area contributed by atoms with E-state index in [0.717, 1.165) is 16.7 Å². The van der Waals surface area contributed by atoms with Gasteiger partial charge in [-0.2, -0.15) is 0 Å². The SMILES string of the molecule is Cc1ccccc1C(C)NC(=O)CCc1ncc(-c2ccccc2Cl)o1. The van der Waals surface area contributed by atoms with Crippen molar-refractivity contribution in [2.75, 3.05) is 0 Å². The van der Waals surface area contributed by atoms with Crippen LogP contribution in [-0.4, -0.2) is 10.9 Å². The molecule has 0 spiro atoms. The maximum Gasteiger partial charge on any atom is 0.220 e. The zero-order chi connectivity index (χ0) is 18.5. The Labute approximate surface area is 158 Å². The number of nitrogens with one attached hydrogen (secondary N) is 1. The van der Waals surface area contributed by atoms with Crippen molar-refractivity contribution in [3.8, 4) is 11.3 Å². The second kappa shape index (κ2) is 8.19. The highest BCUT2D eigenvalue weighted by molar-refractivity contribution is 6.33. The summed E-state index contributed by atoms with van der Waals surface area (Å²) in [7, 11) is 0. The summed E-state index contributed by atoms with van der Waals surface area (Å²) in [5, 5.41) is 3.64. The molecule has 3 rings (SSSR count). The number of hydrogen-bond donors (Lipinski definition) is 1. The Balaban J connectivity index is 1.57. The van der Waals surface area contributed by atoms with E-state index in [0.29, 0.717) is 29.5 Å². The summed E-state index contributed by atoms with van der Waals surface area (Å²) in [5.41, 5.74) is 3.08. The first kappa shape index (κ1) is 18.2. The minimum atomic E-state index is -0.0352. The van der Waals surface area contributed by atoms with E-state index >= 15 is 0 Å². The number of hydrogen-bond acceptors (Lipinski definition) is 3. The van der Waals surface area contributed by atoms with Crippen LogP contribution in [0, 0.1) is 6.92 Å². The molecule has 0 saturated heterocycles. The number of aromatic nitrogens is 1. The average molecular weight is 369 g/mol. The number of aryl methyl sites for hydroxylation is 2. The van der Waals surface area contributed by atoms with Crippen molar-refractivity contribution < 1.29 is 9.21 Å².